The summed E-state index contributed by atoms with van der Waals surface area (Å²) in [4.78, 5) is 37.1. The van der Waals surface area contributed by atoms with Gasteiger partial charge in [0.15, 0.2) is 0 Å². The average Bonchev–Trinajstić information content (AvgIpc) is 2.91. The Morgan fingerprint density at radius 3 is 2.80 bits per heavy atom. The second-order valence-electron chi connectivity index (χ2n) is 7.19. The smallest absolute Gasteiger partial charge is 0.324 e. The summed E-state index contributed by atoms with van der Waals surface area (Å²) in [5, 5.41) is 5.65. The SMILES string of the molecule is CC1CCCC(NC(=O)c2cccc(CN3C(=O)CNC3=O)c2)C1C. The van der Waals surface area contributed by atoms with Crippen molar-refractivity contribution in [1.82, 2.24) is 15.5 Å². The molecule has 6 nitrogen and oxygen atoms in total. The van der Waals surface area contributed by atoms with Crippen LogP contribution in [-0.2, 0) is 11.3 Å². The Hall–Kier alpha value is -2.37. The first-order valence-corrected chi connectivity index (χ1v) is 8.93. The van der Waals surface area contributed by atoms with E-state index in [-0.39, 0.29) is 37.0 Å². The van der Waals surface area contributed by atoms with Crippen molar-refractivity contribution in [2.24, 2.45) is 11.8 Å². The molecule has 1 heterocycles. The van der Waals surface area contributed by atoms with Gasteiger partial charge in [-0.3, -0.25) is 14.5 Å². The van der Waals surface area contributed by atoms with Crippen LogP contribution in [0.5, 0.6) is 0 Å². The molecule has 4 amide bonds. The molecule has 1 saturated heterocycles. The molecule has 3 rings (SSSR count). The molecule has 0 spiro atoms. The van der Waals surface area contributed by atoms with E-state index in [0.717, 1.165) is 18.4 Å². The molecule has 2 aliphatic rings. The zero-order valence-corrected chi connectivity index (χ0v) is 14.7. The van der Waals surface area contributed by atoms with Crippen LogP contribution in [0.2, 0.25) is 0 Å². The molecule has 3 atom stereocenters. The third-order valence-electron chi connectivity index (χ3n) is 5.49. The van der Waals surface area contributed by atoms with Gasteiger partial charge in [0.05, 0.1) is 13.1 Å². The highest BCUT2D eigenvalue weighted by atomic mass is 16.2. The molecular weight excluding hydrogens is 318 g/mol. The van der Waals surface area contributed by atoms with E-state index >= 15 is 0 Å². The number of carbonyl (C=O) groups is 3. The molecule has 1 aliphatic carbocycles. The summed E-state index contributed by atoms with van der Waals surface area (Å²) < 4.78 is 0. The molecule has 25 heavy (non-hydrogen) atoms. The van der Waals surface area contributed by atoms with Crippen molar-refractivity contribution >= 4 is 17.8 Å². The first-order valence-electron chi connectivity index (χ1n) is 8.93. The molecule has 2 fully saturated rings. The minimum atomic E-state index is -0.384. The highest BCUT2D eigenvalue weighted by Crippen LogP contribution is 2.29. The Morgan fingerprint density at radius 1 is 1.28 bits per heavy atom. The van der Waals surface area contributed by atoms with Crippen LogP contribution >= 0.6 is 0 Å². The maximum absolute atomic E-state index is 12.6. The molecule has 0 radical (unpaired) electrons. The Kier molecular flexibility index (Phi) is 5.06. The minimum Gasteiger partial charge on any atom is -0.349 e. The normalized spacial score (nSPS) is 26.5. The van der Waals surface area contributed by atoms with Crippen molar-refractivity contribution in [2.45, 2.75) is 45.7 Å². The topological polar surface area (TPSA) is 78.5 Å². The molecule has 1 aromatic rings. The van der Waals surface area contributed by atoms with Gasteiger partial charge in [-0.2, -0.15) is 0 Å². The van der Waals surface area contributed by atoms with Gasteiger partial charge in [0, 0.05) is 11.6 Å². The van der Waals surface area contributed by atoms with Crippen LogP contribution in [-0.4, -0.2) is 35.3 Å². The number of carbonyl (C=O) groups excluding carboxylic acids is 3. The quantitative estimate of drug-likeness (QED) is 0.824. The summed E-state index contributed by atoms with van der Waals surface area (Å²) in [6.07, 6.45) is 3.37. The first kappa shape index (κ1) is 17.5. The van der Waals surface area contributed by atoms with Crippen molar-refractivity contribution < 1.29 is 14.4 Å². The standard InChI is InChI=1S/C19H25N3O3/c1-12-5-3-8-16(13(12)2)21-18(24)15-7-4-6-14(9-15)11-22-17(23)10-20-19(22)25/h4,6-7,9,12-13,16H,3,5,8,10-11H2,1-2H3,(H,20,25)(H,21,24). The molecule has 0 aromatic heterocycles. The third-order valence-corrected chi connectivity index (χ3v) is 5.49. The lowest BCUT2D eigenvalue weighted by Crippen LogP contribution is -2.43. The van der Waals surface area contributed by atoms with Gasteiger partial charge in [-0.1, -0.05) is 38.8 Å². The largest absolute Gasteiger partial charge is 0.349 e. The predicted molar refractivity (Wildman–Crippen MR) is 93.8 cm³/mol. The monoisotopic (exact) mass is 343 g/mol. The van der Waals surface area contributed by atoms with Crippen molar-refractivity contribution in [2.75, 3.05) is 6.54 Å². The van der Waals surface area contributed by atoms with Gasteiger partial charge < -0.3 is 10.6 Å². The van der Waals surface area contributed by atoms with Crippen LogP contribution < -0.4 is 10.6 Å². The van der Waals surface area contributed by atoms with Gasteiger partial charge in [0.25, 0.3) is 5.91 Å². The predicted octanol–water partition coefficient (Wildman–Crippen LogP) is 2.29. The maximum Gasteiger partial charge on any atom is 0.324 e. The second-order valence-corrected chi connectivity index (χ2v) is 7.19. The molecule has 0 bridgehead atoms. The molecule has 6 heteroatoms. The highest BCUT2D eigenvalue weighted by Gasteiger charge is 2.29. The van der Waals surface area contributed by atoms with Crippen molar-refractivity contribution in [3.8, 4) is 0 Å². The number of benzene rings is 1. The number of rotatable bonds is 4. The van der Waals surface area contributed by atoms with E-state index in [4.69, 9.17) is 0 Å². The Morgan fingerprint density at radius 2 is 2.08 bits per heavy atom. The summed E-state index contributed by atoms with van der Waals surface area (Å²) in [5.74, 6) is 0.742. The van der Waals surface area contributed by atoms with Crippen LogP contribution in [0.3, 0.4) is 0 Å². The fraction of sp³-hybridized carbons (Fsp3) is 0.526. The van der Waals surface area contributed by atoms with E-state index in [1.54, 1.807) is 18.2 Å². The number of imide groups is 1. The number of nitrogens with one attached hydrogen (secondary N) is 2. The van der Waals surface area contributed by atoms with Gasteiger partial charge >= 0.3 is 6.03 Å². The van der Waals surface area contributed by atoms with Gasteiger partial charge in [0.1, 0.15) is 0 Å². The van der Waals surface area contributed by atoms with E-state index in [1.165, 1.54) is 11.3 Å². The lowest BCUT2D eigenvalue weighted by atomic mass is 9.78. The zero-order valence-electron chi connectivity index (χ0n) is 14.7. The van der Waals surface area contributed by atoms with Crippen LogP contribution in [0, 0.1) is 11.8 Å². The average molecular weight is 343 g/mol. The Bertz CT molecular complexity index is 672. The van der Waals surface area contributed by atoms with E-state index in [9.17, 15) is 14.4 Å². The van der Waals surface area contributed by atoms with Crippen molar-refractivity contribution in [1.29, 1.82) is 0 Å². The molecule has 134 valence electrons. The number of hydrogen-bond donors (Lipinski definition) is 2. The van der Waals surface area contributed by atoms with Crippen LogP contribution in [0.1, 0.15) is 49.0 Å². The Labute approximate surface area is 148 Å². The lowest BCUT2D eigenvalue weighted by molar-refractivity contribution is -0.125. The Balaban J connectivity index is 1.67. The minimum absolute atomic E-state index is 0.0385. The molecule has 1 aromatic carbocycles. The number of nitrogens with zero attached hydrogens (tertiary/aromatic N) is 1. The van der Waals surface area contributed by atoms with Crippen LogP contribution in [0.4, 0.5) is 4.79 Å². The van der Waals surface area contributed by atoms with E-state index in [1.807, 2.05) is 6.07 Å². The lowest BCUT2D eigenvalue weighted by Gasteiger charge is -2.34. The van der Waals surface area contributed by atoms with Crippen LogP contribution in [0.25, 0.3) is 0 Å². The maximum atomic E-state index is 12.6. The molecule has 2 N–H and O–H groups in total. The zero-order chi connectivity index (χ0) is 18.0. The van der Waals surface area contributed by atoms with Gasteiger partial charge in [-0.15, -0.1) is 0 Å². The first-order chi connectivity index (χ1) is 12.0. The number of hydrogen-bond acceptors (Lipinski definition) is 3. The van der Waals surface area contributed by atoms with Gasteiger partial charge in [-0.25, -0.2) is 4.79 Å². The van der Waals surface area contributed by atoms with E-state index in [2.05, 4.69) is 24.5 Å². The number of urea groups is 1. The van der Waals surface area contributed by atoms with Crippen LogP contribution in [0.15, 0.2) is 24.3 Å². The van der Waals surface area contributed by atoms with Crippen molar-refractivity contribution in [3.05, 3.63) is 35.4 Å². The summed E-state index contributed by atoms with van der Waals surface area (Å²) in [7, 11) is 0. The number of amides is 4. The molecule has 1 saturated carbocycles. The molecule has 1 aliphatic heterocycles. The highest BCUT2D eigenvalue weighted by molar-refractivity contribution is 6.02. The molecule has 3 unspecified atom stereocenters. The van der Waals surface area contributed by atoms with E-state index in [0.29, 0.717) is 17.4 Å². The summed E-state index contributed by atoms with van der Waals surface area (Å²) in [5.41, 5.74) is 1.33. The summed E-state index contributed by atoms with van der Waals surface area (Å²) in [6.45, 7) is 4.66. The summed E-state index contributed by atoms with van der Waals surface area (Å²) in [6, 6.07) is 6.94. The summed E-state index contributed by atoms with van der Waals surface area (Å²) >= 11 is 0. The second kappa shape index (κ2) is 7.25. The van der Waals surface area contributed by atoms with Gasteiger partial charge in [-0.05, 0) is 36.0 Å². The van der Waals surface area contributed by atoms with E-state index < -0.39 is 0 Å². The fourth-order valence-electron chi connectivity index (χ4n) is 3.65. The van der Waals surface area contributed by atoms with Gasteiger partial charge in [0.2, 0.25) is 5.91 Å². The van der Waals surface area contributed by atoms with Crippen molar-refractivity contribution in [3.63, 3.8) is 0 Å². The third kappa shape index (κ3) is 3.83. The fourth-order valence-corrected chi connectivity index (χ4v) is 3.65. The molecular formula is C19H25N3O3.